The second-order valence-electron chi connectivity index (χ2n) is 3.35. The third-order valence-electron chi connectivity index (χ3n) is 2.22. The molecule has 0 fully saturated rings. The molecule has 0 saturated carbocycles. The van der Waals surface area contributed by atoms with Crippen LogP contribution in [-0.4, -0.2) is 4.98 Å². The van der Waals surface area contributed by atoms with E-state index in [-0.39, 0.29) is 0 Å². The maximum atomic E-state index is 4.40. The first-order valence-electron chi connectivity index (χ1n) is 4.31. The van der Waals surface area contributed by atoms with E-state index >= 15 is 0 Å². The number of benzene rings is 1. The molecule has 0 radical (unpaired) electrons. The van der Waals surface area contributed by atoms with Crippen molar-refractivity contribution in [1.82, 2.24) is 4.98 Å². The van der Waals surface area contributed by atoms with Crippen LogP contribution in [0.15, 0.2) is 27.3 Å². The van der Waals surface area contributed by atoms with Gasteiger partial charge in [-0.15, -0.1) is 0 Å². The molecule has 0 aliphatic rings. The molecule has 1 aromatic carbocycles. The molecule has 1 heterocycles. The molecule has 0 saturated heterocycles. The minimum absolute atomic E-state index is 0.910. The summed E-state index contributed by atoms with van der Waals surface area (Å²) in [7, 11) is 0. The van der Waals surface area contributed by atoms with Crippen LogP contribution < -0.4 is 0 Å². The zero-order chi connectivity index (χ0) is 10.3. The van der Waals surface area contributed by atoms with Crippen molar-refractivity contribution >= 4 is 42.6 Å². The van der Waals surface area contributed by atoms with Crippen molar-refractivity contribution < 1.29 is 0 Å². The average molecular weight is 315 g/mol. The van der Waals surface area contributed by atoms with Gasteiger partial charge in [-0.2, -0.15) is 0 Å². The Hall–Kier alpha value is -0.410. The maximum absolute atomic E-state index is 4.40. The molecule has 3 heteroatoms. The summed E-state index contributed by atoms with van der Waals surface area (Å²) in [6.07, 6.45) is 0. The lowest BCUT2D eigenvalue weighted by Gasteiger charge is -2.06. The van der Waals surface area contributed by atoms with E-state index in [9.17, 15) is 0 Å². The fraction of sp³-hybridized carbons (Fsp3) is 0.182. The van der Waals surface area contributed by atoms with Crippen LogP contribution in [-0.2, 0) is 0 Å². The highest BCUT2D eigenvalue weighted by Crippen LogP contribution is 2.31. The van der Waals surface area contributed by atoms with Crippen LogP contribution in [0.5, 0.6) is 0 Å². The number of hydrogen-bond acceptors (Lipinski definition) is 1. The Labute approximate surface area is 99.8 Å². The van der Waals surface area contributed by atoms with Crippen LogP contribution >= 0.6 is 31.9 Å². The number of nitrogens with zero attached hydrogens (tertiary/aromatic N) is 1. The summed E-state index contributed by atoms with van der Waals surface area (Å²) < 4.78 is 1.99. The third kappa shape index (κ3) is 1.59. The number of hydrogen-bond donors (Lipinski definition) is 0. The minimum atomic E-state index is 0.910. The van der Waals surface area contributed by atoms with E-state index in [1.807, 2.05) is 6.92 Å². The van der Waals surface area contributed by atoms with Crippen LogP contribution in [0.1, 0.15) is 11.3 Å². The van der Waals surface area contributed by atoms with E-state index < -0.39 is 0 Å². The van der Waals surface area contributed by atoms with Gasteiger partial charge in [0.2, 0.25) is 0 Å². The molecule has 0 atom stereocenters. The molecule has 0 spiro atoms. The molecule has 0 aliphatic carbocycles. The van der Waals surface area contributed by atoms with Crippen molar-refractivity contribution in [3.8, 4) is 0 Å². The van der Waals surface area contributed by atoms with Crippen LogP contribution in [0.3, 0.4) is 0 Å². The standard InChI is InChI=1S/C11H9Br2N/c1-6-3-4-8-9(5-6)10(12)7(2)14-11(8)13/h3-5H,1-2H3. The summed E-state index contributed by atoms with van der Waals surface area (Å²) in [5, 5.41) is 2.36. The van der Waals surface area contributed by atoms with Gasteiger partial charge in [-0.25, -0.2) is 4.98 Å². The highest BCUT2D eigenvalue weighted by Gasteiger charge is 2.07. The van der Waals surface area contributed by atoms with Gasteiger partial charge in [0.1, 0.15) is 4.60 Å². The van der Waals surface area contributed by atoms with E-state index in [1.165, 1.54) is 10.9 Å². The number of aryl methyl sites for hydroxylation is 2. The molecular formula is C11H9Br2N. The van der Waals surface area contributed by atoms with Gasteiger partial charge in [-0.1, -0.05) is 23.8 Å². The van der Waals surface area contributed by atoms with Crippen LogP contribution in [0.25, 0.3) is 10.8 Å². The summed E-state index contributed by atoms with van der Waals surface area (Å²) in [6.45, 7) is 4.09. The van der Waals surface area contributed by atoms with Crippen LogP contribution in [0.2, 0.25) is 0 Å². The fourth-order valence-electron chi connectivity index (χ4n) is 1.47. The Morgan fingerprint density at radius 2 is 1.79 bits per heavy atom. The van der Waals surface area contributed by atoms with Gasteiger partial charge in [0.05, 0.1) is 5.69 Å². The first kappa shape index (κ1) is 10.1. The second kappa shape index (κ2) is 3.63. The van der Waals surface area contributed by atoms with Crippen molar-refractivity contribution in [2.24, 2.45) is 0 Å². The molecule has 1 nitrogen and oxygen atoms in total. The summed E-state index contributed by atoms with van der Waals surface area (Å²) in [4.78, 5) is 4.40. The fourth-order valence-corrected chi connectivity index (χ4v) is 2.50. The molecule has 0 bridgehead atoms. The third-order valence-corrected chi connectivity index (χ3v) is 3.82. The second-order valence-corrected chi connectivity index (χ2v) is 4.90. The van der Waals surface area contributed by atoms with E-state index in [1.54, 1.807) is 0 Å². The Morgan fingerprint density at radius 3 is 2.50 bits per heavy atom. The quantitative estimate of drug-likeness (QED) is 0.658. The predicted molar refractivity (Wildman–Crippen MR) is 66.6 cm³/mol. The predicted octanol–water partition coefficient (Wildman–Crippen LogP) is 4.38. The van der Waals surface area contributed by atoms with E-state index in [0.29, 0.717) is 0 Å². The van der Waals surface area contributed by atoms with E-state index in [0.717, 1.165) is 20.2 Å². The van der Waals surface area contributed by atoms with Crippen molar-refractivity contribution in [2.45, 2.75) is 13.8 Å². The number of rotatable bonds is 0. The molecule has 0 unspecified atom stereocenters. The number of halogens is 2. The summed E-state index contributed by atoms with van der Waals surface area (Å²) in [6, 6.07) is 6.35. The summed E-state index contributed by atoms with van der Waals surface area (Å²) in [5.41, 5.74) is 2.27. The lowest BCUT2D eigenvalue weighted by atomic mass is 10.1. The van der Waals surface area contributed by atoms with E-state index in [2.05, 4.69) is 62.0 Å². The Bertz CT molecular complexity index is 506. The summed E-state index contributed by atoms with van der Waals surface area (Å²) >= 11 is 7.04. The highest BCUT2D eigenvalue weighted by molar-refractivity contribution is 9.11. The lowest BCUT2D eigenvalue weighted by molar-refractivity contribution is 1.18. The minimum Gasteiger partial charge on any atom is -0.244 e. The van der Waals surface area contributed by atoms with Gasteiger partial charge in [0.15, 0.2) is 0 Å². The molecule has 1 aromatic heterocycles. The SMILES string of the molecule is Cc1ccc2c(Br)nc(C)c(Br)c2c1. The number of pyridine rings is 1. The lowest BCUT2D eigenvalue weighted by Crippen LogP contribution is -1.88. The largest absolute Gasteiger partial charge is 0.244 e. The molecule has 72 valence electrons. The monoisotopic (exact) mass is 313 g/mol. The summed E-state index contributed by atoms with van der Waals surface area (Å²) in [5.74, 6) is 0. The normalized spacial score (nSPS) is 10.9. The van der Waals surface area contributed by atoms with Crippen molar-refractivity contribution in [1.29, 1.82) is 0 Å². The first-order valence-corrected chi connectivity index (χ1v) is 5.90. The molecule has 0 aliphatic heterocycles. The van der Waals surface area contributed by atoms with Crippen LogP contribution in [0.4, 0.5) is 0 Å². The van der Waals surface area contributed by atoms with Gasteiger partial charge in [0, 0.05) is 15.2 Å². The van der Waals surface area contributed by atoms with Gasteiger partial charge in [0.25, 0.3) is 0 Å². The smallest absolute Gasteiger partial charge is 0.114 e. The molecule has 0 N–H and O–H groups in total. The van der Waals surface area contributed by atoms with Crippen molar-refractivity contribution in [3.63, 3.8) is 0 Å². The Kier molecular flexibility index (Phi) is 2.62. The molecule has 2 rings (SSSR count). The Morgan fingerprint density at radius 1 is 1.07 bits per heavy atom. The van der Waals surface area contributed by atoms with Gasteiger partial charge in [-0.05, 0) is 45.7 Å². The zero-order valence-corrected chi connectivity index (χ0v) is 11.1. The average Bonchev–Trinajstić information content (AvgIpc) is 2.14. The van der Waals surface area contributed by atoms with Crippen LogP contribution in [0, 0.1) is 13.8 Å². The highest BCUT2D eigenvalue weighted by atomic mass is 79.9. The zero-order valence-electron chi connectivity index (χ0n) is 7.94. The molecular weight excluding hydrogens is 306 g/mol. The van der Waals surface area contributed by atoms with Crippen molar-refractivity contribution in [3.05, 3.63) is 38.5 Å². The molecule has 0 amide bonds. The topological polar surface area (TPSA) is 12.9 Å². The van der Waals surface area contributed by atoms with Crippen molar-refractivity contribution in [2.75, 3.05) is 0 Å². The van der Waals surface area contributed by atoms with Gasteiger partial charge in [-0.3, -0.25) is 0 Å². The first-order chi connectivity index (χ1) is 6.59. The van der Waals surface area contributed by atoms with Gasteiger partial charge >= 0.3 is 0 Å². The van der Waals surface area contributed by atoms with E-state index in [4.69, 9.17) is 0 Å². The number of fused-ring (bicyclic) bond motifs is 1. The molecule has 2 aromatic rings. The number of aromatic nitrogens is 1. The molecule has 14 heavy (non-hydrogen) atoms. The maximum Gasteiger partial charge on any atom is 0.114 e. The van der Waals surface area contributed by atoms with Gasteiger partial charge < -0.3 is 0 Å². The Balaban J connectivity index is 2.95.